The smallest absolute Gasteiger partial charge is 0.319 e. The molecule has 1 aromatic carbocycles. The number of amides is 2. The highest BCUT2D eigenvalue weighted by molar-refractivity contribution is 5.89. The largest absolute Gasteiger partial charge is 0.393 e. The first kappa shape index (κ1) is 15.8. The lowest BCUT2D eigenvalue weighted by Gasteiger charge is -2.26. The summed E-state index contributed by atoms with van der Waals surface area (Å²) in [5, 5.41) is 18.4. The van der Waals surface area contributed by atoms with Crippen LogP contribution >= 0.6 is 0 Å². The van der Waals surface area contributed by atoms with E-state index in [9.17, 15) is 9.90 Å². The Morgan fingerprint density at radius 3 is 2.38 bits per heavy atom. The van der Waals surface area contributed by atoms with Crippen LogP contribution in [0, 0.1) is 0 Å². The number of benzene rings is 1. The Bertz CT molecular complexity index is 453. The van der Waals surface area contributed by atoms with Crippen LogP contribution in [0.4, 0.5) is 10.5 Å². The lowest BCUT2D eigenvalue weighted by Crippen LogP contribution is -2.40. The number of carbonyl (C=O) groups is 1. The molecule has 0 aromatic heterocycles. The van der Waals surface area contributed by atoms with Gasteiger partial charge in [-0.2, -0.15) is 0 Å². The van der Waals surface area contributed by atoms with Crippen molar-refractivity contribution >= 4 is 11.7 Å². The van der Waals surface area contributed by atoms with Crippen LogP contribution < -0.4 is 16.0 Å². The number of nitrogens with one attached hydrogen (secondary N) is 3. The molecular formula is C16H25N3O2. The van der Waals surface area contributed by atoms with Crippen molar-refractivity contribution in [3.05, 3.63) is 29.8 Å². The molecule has 4 N–H and O–H groups in total. The molecule has 1 fully saturated rings. The number of aliphatic hydroxyl groups excluding tert-OH is 1. The minimum absolute atomic E-state index is 0.164. The van der Waals surface area contributed by atoms with E-state index in [1.807, 2.05) is 31.3 Å². The second kappa shape index (κ2) is 7.43. The van der Waals surface area contributed by atoms with Crippen LogP contribution in [0.25, 0.3) is 0 Å². The van der Waals surface area contributed by atoms with Crippen LogP contribution in [-0.4, -0.2) is 30.3 Å². The van der Waals surface area contributed by atoms with Crippen LogP contribution in [0.3, 0.4) is 0 Å². The molecule has 1 atom stereocenters. The Balaban J connectivity index is 1.82. The minimum atomic E-state index is -0.201. The van der Waals surface area contributed by atoms with Gasteiger partial charge in [0.05, 0.1) is 6.10 Å². The van der Waals surface area contributed by atoms with E-state index < -0.39 is 0 Å². The molecule has 0 radical (unpaired) electrons. The zero-order chi connectivity index (χ0) is 15.2. The number of aliphatic hydroxyl groups is 1. The molecule has 116 valence electrons. The van der Waals surface area contributed by atoms with Crippen LogP contribution in [0.1, 0.15) is 44.2 Å². The molecule has 21 heavy (non-hydrogen) atoms. The average Bonchev–Trinajstić information content (AvgIpc) is 2.49. The standard InChI is InChI=1S/C16H25N3O2/c1-11(17-2)12-3-5-13(6-4-12)18-16(21)19-14-7-9-15(20)10-8-14/h3-6,11,14-15,17,20H,7-10H2,1-2H3,(H2,18,19,21). The summed E-state index contributed by atoms with van der Waals surface area (Å²) in [5.74, 6) is 0. The first-order valence-electron chi connectivity index (χ1n) is 7.61. The van der Waals surface area contributed by atoms with Crippen LogP contribution in [0.5, 0.6) is 0 Å². The van der Waals surface area contributed by atoms with Crippen molar-refractivity contribution in [1.29, 1.82) is 0 Å². The van der Waals surface area contributed by atoms with E-state index >= 15 is 0 Å². The highest BCUT2D eigenvalue weighted by Gasteiger charge is 2.20. The lowest BCUT2D eigenvalue weighted by molar-refractivity contribution is 0.118. The van der Waals surface area contributed by atoms with Crippen molar-refractivity contribution in [2.24, 2.45) is 0 Å². The van der Waals surface area contributed by atoms with Gasteiger partial charge in [0.25, 0.3) is 0 Å². The molecule has 0 saturated heterocycles. The zero-order valence-corrected chi connectivity index (χ0v) is 12.7. The van der Waals surface area contributed by atoms with Crippen molar-refractivity contribution in [2.75, 3.05) is 12.4 Å². The van der Waals surface area contributed by atoms with Gasteiger partial charge in [-0.15, -0.1) is 0 Å². The van der Waals surface area contributed by atoms with Crippen molar-refractivity contribution in [1.82, 2.24) is 10.6 Å². The molecule has 1 aliphatic rings. The second-order valence-corrected chi connectivity index (χ2v) is 5.74. The molecule has 1 aliphatic carbocycles. The van der Waals surface area contributed by atoms with Gasteiger partial charge in [0.2, 0.25) is 0 Å². The Morgan fingerprint density at radius 2 is 1.81 bits per heavy atom. The Hall–Kier alpha value is -1.59. The summed E-state index contributed by atoms with van der Waals surface area (Å²) in [6, 6.07) is 8.12. The fourth-order valence-corrected chi connectivity index (χ4v) is 2.59. The summed E-state index contributed by atoms with van der Waals surface area (Å²) in [7, 11) is 1.92. The van der Waals surface area contributed by atoms with Gasteiger partial charge >= 0.3 is 6.03 Å². The first-order chi connectivity index (χ1) is 10.1. The number of hydrogen-bond donors (Lipinski definition) is 4. The van der Waals surface area contributed by atoms with Crippen molar-refractivity contribution in [3.63, 3.8) is 0 Å². The third-order valence-electron chi connectivity index (χ3n) is 4.13. The normalized spacial score (nSPS) is 23.4. The van der Waals surface area contributed by atoms with Gasteiger partial charge in [0, 0.05) is 17.8 Å². The topological polar surface area (TPSA) is 73.4 Å². The molecule has 0 bridgehead atoms. The van der Waals surface area contributed by atoms with Crippen molar-refractivity contribution in [3.8, 4) is 0 Å². The number of urea groups is 1. The molecule has 0 spiro atoms. The number of hydrogen-bond acceptors (Lipinski definition) is 3. The quantitative estimate of drug-likeness (QED) is 0.688. The molecule has 1 saturated carbocycles. The van der Waals surface area contributed by atoms with Gasteiger partial charge in [-0.1, -0.05) is 12.1 Å². The Labute approximate surface area is 126 Å². The molecule has 1 unspecified atom stereocenters. The number of rotatable bonds is 4. The molecule has 0 aliphatic heterocycles. The van der Waals surface area contributed by atoms with Gasteiger partial charge in [-0.3, -0.25) is 0 Å². The van der Waals surface area contributed by atoms with Gasteiger partial charge in [-0.05, 0) is 57.4 Å². The third kappa shape index (κ3) is 4.72. The predicted octanol–water partition coefficient (Wildman–Crippen LogP) is 2.39. The Kier molecular flexibility index (Phi) is 5.59. The van der Waals surface area contributed by atoms with Gasteiger partial charge in [0.15, 0.2) is 0 Å². The average molecular weight is 291 g/mol. The highest BCUT2D eigenvalue weighted by Crippen LogP contribution is 2.19. The molecule has 5 nitrogen and oxygen atoms in total. The Morgan fingerprint density at radius 1 is 1.19 bits per heavy atom. The predicted molar refractivity (Wildman–Crippen MR) is 84.3 cm³/mol. The monoisotopic (exact) mass is 291 g/mol. The van der Waals surface area contributed by atoms with Gasteiger partial charge in [-0.25, -0.2) is 4.79 Å². The molecule has 5 heteroatoms. The lowest BCUT2D eigenvalue weighted by atomic mass is 9.93. The molecule has 1 aromatic rings. The van der Waals surface area contributed by atoms with Crippen LogP contribution in [0.15, 0.2) is 24.3 Å². The molecular weight excluding hydrogens is 266 g/mol. The van der Waals surface area contributed by atoms with E-state index in [1.54, 1.807) is 0 Å². The maximum Gasteiger partial charge on any atom is 0.319 e. The highest BCUT2D eigenvalue weighted by atomic mass is 16.3. The zero-order valence-electron chi connectivity index (χ0n) is 12.7. The van der Waals surface area contributed by atoms with Crippen LogP contribution in [0.2, 0.25) is 0 Å². The first-order valence-corrected chi connectivity index (χ1v) is 7.61. The van der Waals surface area contributed by atoms with E-state index in [1.165, 1.54) is 5.56 Å². The maximum atomic E-state index is 11.9. The van der Waals surface area contributed by atoms with Gasteiger partial charge in [0.1, 0.15) is 0 Å². The molecule has 2 rings (SSSR count). The minimum Gasteiger partial charge on any atom is -0.393 e. The van der Waals surface area contributed by atoms with Gasteiger partial charge < -0.3 is 21.1 Å². The fraction of sp³-hybridized carbons (Fsp3) is 0.562. The van der Waals surface area contributed by atoms with E-state index in [-0.39, 0.29) is 18.2 Å². The fourth-order valence-electron chi connectivity index (χ4n) is 2.59. The summed E-state index contributed by atoms with van der Waals surface area (Å²) in [5.41, 5.74) is 1.97. The van der Waals surface area contributed by atoms with E-state index in [2.05, 4.69) is 22.9 Å². The summed E-state index contributed by atoms with van der Waals surface area (Å²) in [6.45, 7) is 2.09. The summed E-state index contributed by atoms with van der Waals surface area (Å²) in [6.07, 6.45) is 3.01. The van der Waals surface area contributed by atoms with E-state index in [0.717, 1.165) is 31.4 Å². The van der Waals surface area contributed by atoms with Crippen LogP contribution in [-0.2, 0) is 0 Å². The maximum absolute atomic E-state index is 11.9. The number of anilines is 1. The van der Waals surface area contributed by atoms with E-state index in [0.29, 0.717) is 6.04 Å². The van der Waals surface area contributed by atoms with E-state index in [4.69, 9.17) is 0 Å². The summed E-state index contributed by atoms with van der Waals surface area (Å²) in [4.78, 5) is 11.9. The molecule has 0 heterocycles. The SMILES string of the molecule is CNC(C)c1ccc(NC(=O)NC2CCC(O)CC2)cc1. The number of carbonyl (C=O) groups excluding carboxylic acids is 1. The third-order valence-corrected chi connectivity index (χ3v) is 4.13. The molecule has 2 amide bonds. The summed E-state index contributed by atoms with van der Waals surface area (Å²) >= 11 is 0. The van der Waals surface area contributed by atoms with Crippen molar-refractivity contribution < 1.29 is 9.90 Å². The van der Waals surface area contributed by atoms with Crippen molar-refractivity contribution in [2.45, 2.75) is 50.8 Å². The second-order valence-electron chi connectivity index (χ2n) is 5.74. The summed E-state index contributed by atoms with van der Waals surface area (Å²) < 4.78 is 0.